The number of ether oxygens (including phenoxy) is 1. The van der Waals surface area contributed by atoms with E-state index in [0.29, 0.717) is 22.0 Å². The summed E-state index contributed by atoms with van der Waals surface area (Å²) >= 11 is 5.90. The third-order valence-corrected chi connectivity index (χ3v) is 3.46. The lowest BCUT2D eigenvalue weighted by Crippen LogP contribution is -2.17. The summed E-state index contributed by atoms with van der Waals surface area (Å²) in [6.45, 7) is 1.86. The SMILES string of the molecule is Cc1cc(Cl)ccc1NC(=O)Oc1cccc2cccnc12. The van der Waals surface area contributed by atoms with E-state index in [1.807, 2.05) is 31.2 Å². The van der Waals surface area contributed by atoms with Gasteiger partial charge in [-0.15, -0.1) is 0 Å². The molecular weight excluding hydrogens is 300 g/mol. The zero-order valence-corrected chi connectivity index (χ0v) is 12.6. The molecule has 1 aromatic heterocycles. The number of pyridine rings is 1. The fourth-order valence-corrected chi connectivity index (χ4v) is 2.39. The second-order valence-electron chi connectivity index (χ2n) is 4.81. The normalized spacial score (nSPS) is 10.5. The van der Waals surface area contributed by atoms with Crippen molar-refractivity contribution >= 4 is 34.3 Å². The Hall–Kier alpha value is -2.59. The van der Waals surface area contributed by atoms with E-state index in [-0.39, 0.29) is 0 Å². The maximum Gasteiger partial charge on any atom is 0.417 e. The van der Waals surface area contributed by atoms with Crippen LogP contribution in [0.25, 0.3) is 10.9 Å². The van der Waals surface area contributed by atoms with Crippen LogP contribution < -0.4 is 10.1 Å². The Labute approximate surface area is 132 Å². The van der Waals surface area contributed by atoms with Crippen LogP contribution in [0.5, 0.6) is 5.75 Å². The number of nitrogens with one attached hydrogen (secondary N) is 1. The number of aryl methyl sites for hydroxylation is 1. The summed E-state index contributed by atoms with van der Waals surface area (Å²) in [5.41, 5.74) is 2.16. The Morgan fingerprint density at radius 1 is 1.18 bits per heavy atom. The van der Waals surface area contributed by atoms with Gasteiger partial charge in [-0.05, 0) is 42.8 Å². The summed E-state index contributed by atoms with van der Waals surface area (Å²) in [4.78, 5) is 16.3. The van der Waals surface area contributed by atoms with Crippen LogP contribution in [-0.2, 0) is 0 Å². The van der Waals surface area contributed by atoms with Crippen molar-refractivity contribution in [1.29, 1.82) is 0 Å². The zero-order chi connectivity index (χ0) is 15.5. The number of halogens is 1. The third kappa shape index (κ3) is 3.02. The molecule has 5 heteroatoms. The van der Waals surface area contributed by atoms with Gasteiger partial charge in [-0.2, -0.15) is 0 Å². The van der Waals surface area contributed by atoms with E-state index in [1.165, 1.54) is 0 Å². The van der Waals surface area contributed by atoms with Crippen LogP contribution in [0.1, 0.15) is 5.56 Å². The Bertz CT molecular complexity index is 844. The summed E-state index contributed by atoms with van der Waals surface area (Å²) in [5.74, 6) is 0.419. The molecule has 2 aromatic carbocycles. The van der Waals surface area contributed by atoms with E-state index in [4.69, 9.17) is 16.3 Å². The summed E-state index contributed by atoms with van der Waals surface area (Å²) in [6.07, 6.45) is 1.10. The maximum absolute atomic E-state index is 12.1. The topological polar surface area (TPSA) is 51.2 Å². The number of fused-ring (bicyclic) bond motifs is 1. The van der Waals surface area contributed by atoms with Crippen LogP contribution in [0, 0.1) is 6.92 Å². The van der Waals surface area contributed by atoms with Crippen molar-refractivity contribution in [3.63, 3.8) is 0 Å². The average molecular weight is 313 g/mol. The van der Waals surface area contributed by atoms with E-state index >= 15 is 0 Å². The van der Waals surface area contributed by atoms with E-state index in [9.17, 15) is 4.79 Å². The molecule has 0 saturated heterocycles. The van der Waals surface area contributed by atoms with E-state index in [0.717, 1.165) is 10.9 Å². The molecule has 0 aliphatic rings. The van der Waals surface area contributed by atoms with Gasteiger partial charge in [0.25, 0.3) is 0 Å². The Kier molecular flexibility index (Phi) is 3.94. The molecule has 22 heavy (non-hydrogen) atoms. The summed E-state index contributed by atoms with van der Waals surface area (Å²) in [6, 6.07) is 14.4. The molecule has 0 aliphatic carbocycles. The van der Waals surface area contributed by atoms with Gasteiger partial charge in [-0.25, -0.2) is 4.79 Å². The fourth-order valence-electron chi connectivity index (χ4n) is 2.16. The van der Waals surface area contributed by atoms with Crippen molar-refractivity contribution in [1.82, 2.24) is 4.98 Å². The molecule has 0 aliphatic heterocycles. The van der Waals surface area contributed by atoms with Crippen LogP contribution >= 0.6 is 11.6 Å². The van der Waals surface area contributed by atoms with Gasteiger partial charge in [-0.1, -0.05) is 29.8 Å². The lowest BCUT2D eigenvalue weighted by molar-refractivity contribution is 0.215. The first-order valence-electron chi connectivity index (χ1n) is 6.72. The number of benzene rings is 2. The van der Waals surface area contributed by atoms with Crippen molar-refractivity contribution in [2.45, 2.75) is 6.92 Å². The average Bonchev–Trinajstić information content (AvgIpc) is 2.50. The third-order valence-electron chi connectivity index (χ3n) is 3.22. The number of carbonyl (C=O) groups excluding carboxylic acids is 1. The molecule has 0 radical (unpaired) electrons. The van der Waals surface area contributed by atoms with Gasteiger partial charge >= 0.3 is 6.09 Å². The predicted molar refractivity (Wildman–Crippen MR) is 87.6 cm³/mol. The van der Waals surface area contributed by atoms with Gasteiger partial charge in [0.2, 0.25) is 0 Å². The van der Waals surface area contributed by atoms with Gasteiger partial charge in [0.15, 0.2) is 5.75 Å². The lowest BCUT2D eigenvalue weighted by Gasteiger charge is -2.10. The van der Waals surface area contributed by atoms with Crippen LogP contribution in [0.4, 0.5) is 10.5 Å². The number of hydrogen-bond acceptors (Lipinski definition) is 3. The molecule has 1 heterocycles. The van der Waals surface area contributed by atoms with Crippen LogP contribution in [0.2, 0.25) is 5.02 Å². The lowest BCUT2D eigenvalue weighted by atomic mass is 10.2. The predicted octanol–water partition coefficient (Wildman–Crippen LogP) is 4.81. The Morgan fingerprint density at radius 2 is 2.00 bits per heavy atom. The van der Waals surface area contributed by atoms with Gasteiger partial charge in [-0.3, -0.25) is 10.3 Å². The van der Waals surface area contributed by atoms with E-state index in [2.05, 4.69) is 10.3 Å². The molecule has 3 rings (SSSR count). The summed E-state index contributed by atoms with van der Waals surface area (Å²) < 4.78 is 5.37. The zero-order valence-electron chi connectivity index (χ0n) is 11.8. The minimum Gasteiger partial charge on any atom is -0.408 e. The van der Waals surface area contributed by atoms with Crippen molar-refractivity contribution in [2.24, 2.45) is 0 Å². The molecule has 110 valence electrons. The Morgan fingerprint density at radius 3 is 2.82 bits per heavy atom. The van der Waals surface area contributed by atoms with Crippen molar-refractivity contribution in [3.8, 4) is 5.75 Å². The molecule has 3 aromatic rings. The first-order valence-corrected chi connectivity index (χ1v) is 7.10. The number of rotatable bonds is 2. The van der Waals surface area contributed by atoms with Crippen molar-refractivity contribution in [3.05, 3.63) is 65.3 Å². The van der Waals surface area contributed by atoms with Gasteiger partial charge in [0.1, 0.15) is 5.52 Å². The molecule has 1 amide bonds. The molecule has 0 saturated carbocycles. The maximum atomic E-state index is 12.1. The monoisotopic (exact) mass is 312 g/mol. The highest BCUT2D eigenvalue weighted by molar-refractivity contribution is 6.30. The minimum absolute atomic E-state index is 0.419. The highest BCUT2D eigenvalue weighted by atomic mass is 35.5. The van der Waals surface area contributed by atoms with Crippen LogP contribution in [0.15, 0.2) is 54.7 Å². The quantitative estimate of drug-likeness (QED) is 0.739. The standard InChI is InChI=1S/C17H13ClN2O2/c1-11-10-13(18)7-8-14(11)20-17(21)22-15-6-2-4-12-5-3-9-19-16(12)15/h2-10H,1H3,(H,20,21). The van der Waals surface area contributed by atoms with Gasteiger partial charge < -0.3 is 4.74 Å². The fraction of sp³-hybridized carbons (Fsp3) is 0.0588. The molecule has 0 bridgehead atoms. The van der Waals surface area contributed by atoms with Crippen LogP contribution in [-0.4, -0.2) is 11.1 Å². The number of nitrogens with zero attached hydrogens (tertiary/aromatic N) is 1. The first-order chi connectivity index (χ1) is 10.6. The molecule has 0 fully saturated rings. The number of para-hydroxylation sites is 1. The largest absolute Gasteiger partial charge is 0.417 e. The number of aromatic nitrogens is 1. The first kappa shape index (κ1) is 14.4. The highest BCUT2D eigenvalue weighted by Gasteiger charge is 2.10. The second kappa shape index (κ2) is 6.03. The van der Waals surface area contributed by atoms with Crippen molar-refractivity contribution in [2.75, 3.05) is 5.32 Å². The van der Waals surface area contributed by atoms with E-state index in [1.54, 1.807) is 30.5 Å². The van der Waals surface area contributed by atoms with E-state index < -0.39 is 6.09 Å². The molecule has 0 unspecified atom stereocenters. The summed E-state index contributed by atoms with van der Waals surface area (Å²) in [5, 5.41) is 4.24. The highest BCUT2D eigenvalue weighted by Crippen LogP contribution is 2.24. The number of carbonyl (C=O) groups is 1. The molecule has 4 nitrogen and oxygen atoms in total. The molecule has 0 atom stereocenters. The van der Waals surface area contributed by atoms with Gasteiger partial charge in [0.05, 0.1) is 0 Å². The molecule has 1 N–H and O–H groups in total. The number of hydrogen-bond donors (Lipinski definition) is 1. The molecular formula is C17H13ClN2O2. The van der Waals surface area contributed by atoms with Crippen molar-refractivity contribution < 1.29 is 9.53 Å². The second-order valence-corrected chi connectivity index (χ2v) is 5.24. The Balaban J connectivity index is 1.81. The van der Waals surface area contributed by atoms with Gasteiger partial charge in [0, 0.05) is 22.3 Å². The minimum atomic E-state index is -0.566. The number of anilines is 1. The summed E-state index contributed by atoms with van der Waals surface area (Å²) in [7, 11) is 0. The number of amides is 1. The smallest absolute Gasteiger partial charge is 0.408 e. The van der Waals surface area contributed by atoms with Crippen LogP contribution in [0.3, 0.4) is 0 Å². The molecule has 0 spiro atoms.